The summed E-state index contributed by atoms with van der Waals surface area (Å²) in [5, 5.41) is 2.36. The Bertz CT molecular complexity index is 634. The van der Waals surface area contributed by atoms with Crippen LogP contribution in [0.5, 0.6) is 11.5 Å². The number of benzene rings is 2. The fourth-order valence-corrected chi connectivity index (χ4v) is 2.81. The molecule has 0 saturated carbocycles. The van der Waals surface area contributed by atoms with Crippen LogP contribution in [0.25, 0.3) is 10.8 Å². The van der Waals surface area contributed by atoms with Gasteiger partial charge in [0.05, 0.1) is 13.2 Å². The normalized spacial score (nSPS) is 16.3. The SMILES string of the molecule is CCCCCCCCOc1ccc2cc(OCC3CO3)ccc2c1. The van der Waals surface area contributed by atoms with Gasteiger partial charge in [-0.1, -0.05) is 51.2 Å². The van der Waals surface area contributed by atoms with Crippen molar-refractivity contribution < 1.29 is 14.2 Å². The van der Waals surface area contributed by atoms with Crippen molar-refractivity contribution in [3.63, 3.8) is 0 Å². The molecular weight excluding hydrogens is 300 g/mol. The molecule has 2 aromatic carbocycles. The van der Waals surface area contributed by atoms with Gasteiger partial charge in [0.25, 0.3) is 0 Å². The molecule has 0 bridgehead atoms. The average Bonchev–Trinajstić information content (AvgIpc) is 3.43. The number of unbranched alkanes of at least 4 members (excludes halogenated alkanes) is 5. The lowest BCUT2D eigenvalue weighted by Gasteiger charge is -2.09. The minimum Gasteiger partial charge on any atom is -0.494 e. The van der Waals surface area contributed by atoms with Crippen LogP contribution in [0.4, 0.5) is 0 Å². The van der Waals surface area contributed by atoms with Crippen molar-refractivity contribution in [1.82, 2.24) is 0 Å². The van der Waals surface area contributed by atoms with Crippen molar-refractivity contribution in [2.75, 3.05) is 19.8 Å². The van der Waals surface area contributed by atoms with Crippen LogP contribution in [-0.2, 0) is 4.74 Å². The first kappa shape index (κ1) is 17.1. The largest absolute Gasteiger partial charge is 0.494 e. The van der Waals surface area contributed by atoms with E-state index in [0.29, 0.717) is 12.7 Å². The van der Waals surface area contributed by atoms with Crippen LogP contribution in [0.15, 0.2) is 36.4 Å². The van der Waals surface area contributed by atoms with Gasteiger partial charge in [-0.2, -0.15) is 0 Å². The monoisotopic (exact) mass is 328 g/mol. The lowest BCUT2D eigenvalue weighted by molar-refractivity contribution is 0.263. The number of ether oxygens (including phenoxy) is 3. The van der Waals surface area contributed by atoms with Gasteiger partial charge in [0.2, 0.25) is 0 Å². The van der Waals surface area contributed by atoms with Gasteiger partial charge in [0, 0.05) is 0 Å². The van der Waals surface area contributed by atoms with Gasteiger partial charge in [-0.25, -0.2) is 0 Å². The van der Waals surface area contributed by atoms with Crippen molar-refractivity contribution in [3.05, 3.63) is 36.4 Å². The van der Waals surface area contributed by atoms with Crippen molar-refractivity contribution in [2.45, 2.75) is 51.6 Å². The summed E-state index contributed by atoms with van der Waals surface area (Å²) < 4.78 is 16.8. The predicted molar refractivity (Wildman–Crippen MR) is 98.1 cm³/mol. The molecule has 1 saturated heterocycles. The topological polar surface area (TPSA) is 31.0 Å². The van der Waals surface area contributed by atoms with Crippen molar-refractivity contribution in [2.24, 2.45) is 0 Å². The average molecular weight is 328 g/mol. The van der Waals surface area contributed by atoms with E-state index in [2.05, 4.69) is 31.2 Å². The molecule has 24 heavy (non-hydrogen) atoms. The second kappa shape index (κ2) is 8.93. The first-order chi connectivity index (χ1) is 11.8. The van der Waals surface area contributed by atoms with Crippen molar-refractivity contribution >= 4 is 10.8 Å². The van der Waals surface area contributed by atoms with Crippen LogP contribution >= 0.6 is 0 Å². The van der Waals surface area contributed by atoms with Gasteiger partial charge >= 0.3 is 0 Å². The van der Waals surface area contributed by atoms with E-state index in [1.807, 2.05) is 12.1 Å². The molecule has 1 atom stereocenters. The van der Waals surface area contributed by atoms with E-state index in [4.69, 9.17) is 14.2 Å². The fraction of sp³-hybridized carbons (Fsp3) is 0.524. The molecule has 3 nitrogen and oxygen atoms in total. The zero-order valence-electron chi connectivity index (χ0n) is 14.6. The second-order valence-electron chi connectivity index (χ2n) is 6.55. The van der Waals surface area contributed by atoms with E-state index >= 15 is 0 Å². The summed E-state index contributed by atoms with van der Waals surface area (Å²) in [6.07, 6.45) is 8.02. The highest BCUT2D eigenvalue weighted by Crippen LogP contribution is 2.26. The Balaban J connectivity index is 1.45. The Morgan fingerprint density at radius 3 is 2.17 bits per heavy atom. The maximum absolute atomic E-state index is 5.89. The summed E-state index contributed by atoms with van der Waals surface area (Å²) in [7, 11) is 0. The minimum absolute atomic E-state index is 0.290. The third-order valence-corrected chi connectivity index (χ3v) is 4.39. The van der Waals surface area contributed by atoms with E-state index in [1.165, 1.54) is 42.9 Å². The van der Waals surface area contributed by atoms with Crippen LogP contribution in [0.3, 0.4) is 0 Å². The molecule has 0 aromatic heterocycles. The Morgan fingerprint density at radius 2 is 1.50 bits per heavy atom. The third-order valence-electron chi connectivity index (χ3n) is 4.39. The minimum atomic E-state index is 0.290. The van der Waals surface area contributed by atoms with Gasteiger partial charge in [-0.05, 0) is 41.5 Å². The first-order valence-electron chi connectivity index (χ1n) is 9.26. The molecule has 1 unspecified atom stereocenters. The fourth-order valence-electron chi connectivity index (χ4n) is 2.81. The van der Waals surface area contributed by atoms with Gasteiger partial charge in [0.1, 0.15) is 24.2 Å². The maximum atomic E-state index is 5.89. The number of hydrogen-bond donors (Lipinski definition) is 0. The highest BCUT2D eigenvalue weighted by Gasteiger charge is 2.22. The highest BCUT2D eigenvalue weighted by molar-refractivity contribution is 5.85. The molecule has 1 fully saturated rings. The highest BCUT2D eigenvalue weighted by atomic mass is 16.6. The molecule has 130 valence electrons. The zero-order chi connectivity index (χ0) is 16.6. The molecule has 1 heterocycles. The Labute approximate surface area is 144 Å². The van der Waals surface area contributed by atoms with E-state index < -0.39 is 0 Å². The quantitative estimate of drug-likeness (QED) is 0.411. The maximum Gasteiger partial charge on any atom is 0.120 e. The van der Waals surface area contributed by atoms with Crippen molar-refractivity contribution in [3.8, 4) is 11.5 Å². The van der Waals surface area contributed by atoms with Gasteiger partial charge in [-0.3, -0.25) is 0 Å². The zero-order valence-corrected chi connectivity index (χ0v) is 14.6. The van der Waals surface area contributed by atoms with E-state index in [0.717, 1.165) is 31.1 Å². The first-order valence-corrected chi connectivity index (χ1v) is 9.26. The van der Waals surface area contributed by atoms with Crippen molar-refractivity contribution in [1.29, 1.82) is 0 Å². The molecule has 0 aliphatic carbocycles. The number of hydrogen-bond acceptors (Lipinski definition) is 3. The lowest BCUT2D eigenvalue weighted by atomic mass is 10.1. The second-order valence-corrected chi connectivity index (χ2v) is 6.55. The van der Waals surface area contributed by atoms with E-state index in [-0.39, 0.29) is 0 Å². The predicted octanol–water partition coefficient (Wildman–Crippen LogP) is 5.36. The molecule has 1 aliphatic heterocycles. The van der Waals surface area contributed by atoms with E-state index in [1.54, 1.807) is 0 Å². The molecule has 3 rings (SSSR count). The smallest absolute Gasteiger partial charge is 0.120 e. The lowest BCUT2D eigenvalue weighted by Crippen LogP contribution is -2.03. The molecule has 3 heteroatoms. The molecular formula is C21H28O3. The van der Waals surface area contributed by atoms with Crippen LogP contribution in [0.2, 0.25) is 0 Å². The molecule has 0 N–H and O–H groups in total. The standard InChI is InChI=1S/C21H28O3/c1-2-3-4-5-6-7-12-22-19-10-8-18-14-20(11-9-17(18)13-19)23-15-21-16-24-21/h8-11,13-14,21H,2-7,12,15-16H2,1H3. The summed E-state index contributed by atoms with van der Waals surface area (Å²) in [6.45, 7) is 4.53. The molecule has 1 aliphatic rings. The van der Waals surface area contributed by atoms with Crippen LogP contribution < -0.4 is 9.47 Å². The van der Waals surface area contributed by atoms with Crippen LogP contribution in [0.1, 0.15) is 45.4 Å². The molecule has 2 aromatic rings. The number of fused-ring (bicyclic) bond motifs is 1. The summed E-state index contributed by atoms with van der Waals surface area (Å²) in [5.74, 6) is 1.86. The molecule has 0 radical (unpaired) electrons. The van der Waals surface area contributed by atoms with E-state index in [9.17, 15) is 0 Å². The summed E-state index contributed by atoms with van der Waals surface area (Å²) in [6, 6.07) is 12.5. The van der Waals surface area contributed by atoms with Crippen LogP contribution in [-0.4, -0.2) is 25.9 Å². The summed E-state index contributed by atoms with van der Waals surface area (Å²) in [5.41, 5.74) is 0. The van der Waals surface area contributed by atoms with Gasteiger partial charge < -0.3 is 14.2 Å². The van der Waals surface area contributed by atoms with Gasteiger partial charge in [0.15, 0.2) is 0 Å². The Hall–Kier alpha value is -1.74. The van der Waals surface area contributed by atoms with Crippen LogP contribution in [0, 0.1) is 0 Å². The summed E-state index contributed by atoms with van der Waals surface area (Å²) >= 11 is 0. The third kappa shape index (κ3) is 5.41. The number of rotatable bonds is 11. The Morgan fingerprint density at radius 1 is 0.875 bits per heavy atom. The Kier molecular flexibility index (Phi) is 6.36. The number of epoxide rings is 1. The molecule has 0 amide bonds. The van der Waals surface area contributed by atoms with Gasteiger partial charge in [-0.15, -0.1) is 0 Å². The summed E-state index contributed by atoms with van der Waals surface area (Å²) in [4.78, 5) is 0. The molecule has 0 spiro atoms.